The van der Waals surface area contributed by atoms with Gasteiger partial charge >= 0.3 is 0 Å². The number of hydrogen-bond donors (Lipinski definition) is 2. The third-order valence-corrected chi connectivity index (χ3v) is 6.49. The molecule has 136 valence electrons. The number of rotatable bonds is 6. The first-order valence-electron chi connectivity index (χ1n) is 8.15. The SMILES string of the molecule is C=CCS[C@@]1(Br)NC(c2ccc(OC)cc2)=C[C@H](c2ccccc2Cl)N1. The normalized spacial score (nSPS) is 22.3. The van der Waals surface area contributed by atoms with Crippen LogP contribution < -0.4 is 15.4 Å². The van der Waals surface area contributed by atoms with Crippen LogP contribution in [0.2, 0.25) is 5.02 Å². The Morgan fingerprint density at radius 1 is 1.27 bits per heavy atom. The molecular formula is C20H20BrClN2OS. The van der Waals surface area contributed by atoms with Crippen LogP contribution in [0.1, 0.15) is 17.2 Å². The van der Waals surface area contributed by atoms with Crippen LogP contribution in [-0.2, 0) is 0 Å². The fourth-order valence-corrected chi connectivity index (χ4v) is 4.59. The van der Waals surface area contributed by atoms with Gasteiger partial charge in [-0.2, -0.15) is 0 Å². The van der Waals surface area contributed by atoms with E-state index in [0.717, 1.165) is 33.3 Å². The van der Waals surface area contributed by atoms with E-state index in [9.17, 15) is 0 Å². The summed E-state index contributed by atoms with van der Waals surface area (Å²) in [5, 5.41) is 7.85. The molecule has 0 bridgehead atoms. The first-order valence-corrected chi connectivity index (χ1v) is 10.3. The van der Waals surface area contributed by atoms with E-state index in [2.05, 4.69) is 39.2 Å². The van der Waals surface area contributed by atoms with Crippen molar-refractivity contribution in [2.24, 2.45) is 0 Å². The maximum atomic E-state index is 6.44. The van der Waals surface area contributed by atoms with Gasteiger partial charge in [-0.05, 0) is 63.5 Å². The van der Waals surface area contributed by atoms with E-state index in [1.807, 2.05) is 54.6 Å². The molecule has 2 N–H and O–H groups in total. The Labute approximate surface area is 172 Å². The molecule has 3 rings (SSSR count). The number of benzene rings is 2. The summed E-state index contributed by atoms with van der Waals surface area (Å²) in [5.74, 6) is 1.62. The maximum Gasteiger partial charge on any atom is 0.195 e. The Morgan fingerprint density at radius 3 is 2.65 bits per heavy atom. The lowest BCUT2D eigenvalue weighted by Gasteiger charge is -2.39. The zero-order valence-electron chi connectivity index (χ0n) is 14.3. The molecule has 2 atom stereocenters. The summed E-state index contributed by atoms with van der Waals surface area (Å²) in [4.78, 5) is 0. The third kappa shape index (κ3) is 4.46. The molecule has 1 aliphatic rings. The predicted octanol–water partition coefficient (Wildman–Crippen LogP) is 5.55. The largest absolute Gasteiger partial charge is 0.497 e. The average Bonchev–Trinajstić information content (AvgIpc) is 2.66. The lowest BCUT2D eigenvalue weighted by Crippen LogP contribution is -2.52. The van der Waals surface area contributed by atoms with Crippen LogP contribution in [0.15, 0.2) is 67.3 Å². The fraction of sp³-hybridized carbons (Fsp3) is 0.200. The van der Waals surface area contributed by atoms with Gasteiger partial charge in [-0.3, -0.25) is 5.32 Å². The Morgan fingerprint density at radius 2 is 2.00 bits per heavy atom. The molecule has 0 unspecified atom stereocenters. The van der Waals surface area contributed by atoms with Gasteiger partial charge in [-0.25, -0.2) is 0 Å². The van der Waals surface area contributed by atoms with E-state index in [0.29, 0.717) is 0 Å². The Kier molecular flexibility index (Phi) is 6.35. The van der Waals surface area contributed by atoms with Crippen molar-refractivity contribution in [2.75, 3.05) is 12.9 Å². The van der Waals surface area contributed by atoms with Gasteiger partial charge in [0.2, 0.25) is 0 Å². The Bertz CT molecular complexity index is 812. The molecule has 2 aromatic rings. The lowest BCUT2D eigenvalue weighted by molar-refractivity contribution is 0.414. The van der Waals surface area contributed by atoms with E-state index in [1.54, 1.807) is 18.9 Å². The molecule has 0 fully saturated rings. The summed E-state index contributed by atoms with van der Waals surface area (Å²) in [6.45, 7) is 3.82. The molecule has 26 heavy (non-hydrogen) atoms. The molecule has 3 nitrogen and oxygen atoms in total. The van der Waals surface area contributed by atoms with Gasteiger partial charge < -0.3 is 10.1 Å². The number of ether oxygens (including phenoxy) is 1. The predicted molar refractivity (Wildman–Crippen MR) is 116 cm³/mol. The van der Waals surface area contributed by atoms with Crippen LogP contribution in [0.5, 0.6) is 5.75 Å². The van der Waals surface area contributed by atoms with E-state index in [1.165, 1.54) is 0 Å². The molecule has 1 heterocycles. The first-order chi connectivity index (χ1) is 12.5. The smallest absolute Gasteiger partial charge is 0.195 e. The average molecular weight is 452 g/mol. The second-order valence-electron chi connectivity index (χ2n) is 5.77. The van der Waals surface area contributed by atoms with Crippen LogP contribution in [0.25, 0.3) is 5.70 Å². The number of methoxy groups -OCH3 is 1. The molecule has 0 radical (unpaired) electrons. The van der Waals surface area contributed by atoms with Gasteiger partial charge in [0.05, 0.1) is 13.2 Å². The second-order valence-corrected chi connectivity index (χ2v) is 9.13. The Hall–Kier alpha value is -1.40. The third-order valence-electron chi connectivity index (χ3n) is 4.01. The number of nitrogens with one attached hydrogen (secondary N) is 2. The number of hydrogen-bond acceptors (Lipinski definition) is 4. The van der Waals surface area contributed by atoms with Crippen molar-refractivity contribution in [2.45, 2.75) is 9.95 Å². The number of alkyl halides is 1. The van der Waals surface area contributed by atoms with Crippen LogP contribution in [-0.4, -0.2) is 16.8 Å². The Balaban J connectivity index is 1.99. The minimum absolute atomic E-state index is 0.0428. The quantitative estimate of drug-likeness (QED) is 0.343. The van der Waals surface area contributed by atoms with Crippen LogP contribution in [0, 0.1) is 0 Å². The summed E-state index contributed by atoms with van der Waals surface area (Å²) in [7, 11) is 1.67. The van der Waals surface area contributed by atoms with Crippen molar-refractivity contribution in [3.8, 4) is 5.75 Å². The van der Waals surface area contributed by atoms with E-state index in [4.69, 9.17) is 16.3 Å². The second kappa shape index (κ2) is 8.53. The standard InChI is InChI=1S/C20H20BrClN2OS/c1-3-12-26-20(21)23-18(14-8-10-15(25-2)11-9-14)13-19(24-20)16-6-4-5-7-17(16)22/h3-11,13,19,23-24H,1,12H2,2H3/t19-,20+/m1/s1. The molecule has 0 spiro atoms. The molecule has 0 saturated heterocycles. The van der Waals surface area contributed by atoms with Crippen LogP contribution in [0.3, 0.4) is 0 Å². The summed E-state index contributed by atoms with van der Waals surface area (Å²) in [5.41, 5.74) is 3.13. The number of thioether (sulfide) groups is 1. The molecule has 1 aliphatic heterocycles. The molecule has 6 heteroatoms. The highest BCUT2D eigenvalue weighted by molar-refractivity contribution is 9.11. The van der Waals surface area contributed by atoms with Gasteiger partial charge in [0.15, 0.2) is 3.90 Å². The van der Waals surface area contributed by atoms with Crippen LogP contribution >= 0.6 is 39.3 Å². The molecule has 0 aliphatic carbocycles. The van der Waals surface area contributed by atoms with E-state index >= 15 is 0 Å². The lowest BCUT2D eigenvalue weighted by atomic mass is 10.0. The monoisotopic (exact) mass is 450 g/mol. The van der Waals surface area contributed by atoms with Crippen molar-refractivity contribution in [1.82, 2.24) is 10.6 Å². The van der Waals surface area contributed by atoms with Gasteiger partial charge in [0, 0.05) is 16.5 Å². The van der Waals surface area contributed by atoms with Crippen molar-refractivity contribution in [1.29, 1.82) is 0 Å². The van der Waals surface area contributed by atoms with Crippen molar-refractivity contribution >= 4 is 45.0 Å². The molecule has 2 aromatic carbocycles. The first kappa shape index (κ1) is 19.4. The van der Waals surface area contributed by atoms with Gasteiger partial charge in [0.25, 0.3) is 0 Å². The van der Waals surface area contributed by atoms with Crippen molar-refractivity contribution < 1.29 is 4.74 Å². The maximum absolute atomic E-state index is 6.44. The van der Waals surface area contributed by atoms with Crippen molar-refractivity contribution in [3.05, 3.63) is 83.4 Å². The highest BCUT2D eigenvalue weighted by Gasteiger charge is 2.35. The van der Waals surface area contributed by atoms with Gasteiger partial charge in [-0.15, -0.1) is 18.3 Å². The molecule has 0 saturated carbocycles. The van der Waals surface area contributed by atoms with Crippen LogP contribution in [0.4, 0.5) is 0 Å². The molecular weight excluding hydrogens is 432 g/mol. The summed E-state index contributed by atoms with van der Waals surface area (Å²) >= 11 is 11.9. The topological polar surface area (TPSA) is 33.3 Å². The van der Waals surface area contributed by atoms with Crippen molar-refractivity contribution in [3.63, 3.8) is 0 Å². The highest BCUT2D eigenvalue weighted by atomic mass is 79.9. The fourth-order valence-electron chi connectivity index (χ4n) is 2.74. The summed E-state index contributed by atoms with van der Waals surface area (Å²) in [6.07, 6.45) is 4.03. The molecule has 0 amide bonds. The zero-order chi connectivity index (χ0) is 18.6. The number of halogens is 2. The highest BCUT2D eigenvalue weighted by Crippen LogP contribution is 2.39. The minimum Gasteiger partial charge on any atom is -0.497 e. The van der Waals surface area contributed by atoms with Gasteiger partial charge in [-0.1, -0.05) is 35.9 Å². The van der Waals surface area contributed by atoms with Gasteiger partial charge in [0.1, 0.15) is 5.75 Å². The zero-order valence-corrected chi connectivity index (χ0v) is 17.5. The molecule has 0 aromatic heterocycles. The van der Waals surface area contributed by atoms with E-state index in [-0.39, 0.29) is 6.04 Å². The van der Waals surface area contributed by atoms with E-state index < -0.39 is 3.90 Å². The summed E-state index contributed by atoms with van der Waals surface area (Å²) in [6, 6.07) is 15.8. The minimum atomic E-state index is -0.533. The summed E-state index contributed by atoms with van der Waals surface area (Å²) < 4.78 is 4.73.